The number of sulfone groups is 1. The molecule has 1 fully saturated rings. The molecular weight excluding hydrogens is 238 g/mol. The number of nitrogens with zero attached hydrogens (tertiary/aromatic N) is 1. The van der Waals surface area contributed by atoms with Crippen LogP contribution in [0.4, 0.5) is 0 Å². The lowest BCUT2D eigenvalue weighted by atomic mass is 10.1. The van der Waals surface area contributed by atoms with Crippen LogP contribution in [0, 0.1) is 5.92 Å². The Labute approximate surface area is 104 Å². The molecule has 1 aliphatic rings. The third-order valence-corrected chi connectivity index (χ3v) is 5.79. The third kappa shape index (κ3) is 3.98. The van der Waals surface area contributed by atoms with Gasteiger partial charge in [0, 0.05) is 19.5 Å². The molecule has 1 aliphatic heterocycles. The zero-order valence-electron chi connectivity index (χ0n) is 11.0. The van der Waals surface area contributed by atoms with Gasteiger partial charge in [0.2, 0.25) is 5.91 Å². The maximum absolute atomic E-state index is 12.0. The second kappa shape index (κ2) is 5.85. The number of piperidine rings is 1. The smallest absolute Gasteiger partial charge is 0.222 e. The Balaban J connectivity index is 2.55. The summed E-state index contributed by atoms with van der Waals surface area (Å²) < 4.78 is 24.1. The Hall–Kier alpha value is -0.580. The van der Waals surface area contributed by atoms with Crippen LogP contribution >= 0.6 is 0 Å². The van der Waals surface area contributed by atoms with Crippen LogP contribution in [0.1, 0.15) is 40.0 Å². The second-order valence-electron chi connectivity index (χ2n) is 5.16. The molecule has 17 heavy (non-hydrogen) atoms. The van der Waals surface area contributed by atoms with Crippen molar-refractivity contribution in [3.05, 3.63) is 0 Å². The third-order valence-electron chi connectivity index (χ3n) is 3.17. The zero-order valence-corrected chi connectivity index (χ0v) is 11.8. The molecule has 1 amide bonds. The van der Waals surface area contributed by atoms with E-state index in [0.29, 0.717) is 32.4 Å². The van der Waals surface area contributed by atoms with Gasteiger partial charge >= 0.3 is 0 Å². The van der Waals surface area contributed by atoms with Gasteiger partial charge < -0.3 is 4.90 Å². The highest BCUT2D eigenvalue weighted by Gasteiger charge is 2.31. The predicted molar refractivity (Wildman–Crippen MR) is 68.5 cm³/mol. The van der Waals surface area contributed by atoms with Crippen molar-refractivity contribution >= 4 is 15.7 Å². The summed E-state index contributed by atoms with van der Waals surface area (Å²) in [5.41, 5.74) is 0. The highest BCUT2D eigenvalue weighted by molar-refractivity contribution is 7.92. The van der Waals surface area contributed by atoms with Crippen LogP contribution < -0.4 is 0 Å². The molecule has 0 N–H and O–H groups in total. The summed E-state index contributed by atoms with van der Waals surface area (Å²) >= 11 is 0. The molecule has 1 heterocycles. The Morgan fingerprint density at radius 2 is 1.82 bits per heavy atom. The lowest BCUT2D eigenvalue weighted by Gasteiger charge is -2.31. The van der Waals surface area contributed by atoms with Gasteiger partial charge in [-0.2, -0.15) is 0 Å². The second-order valence-corrected chi connectivity index (χ2v) is 7.48. The quantitative estimate of drug-likeness (QED) is 0.770. The van der Waals surface area contributed by atoms with Crippen molar-refractivity contribution in [2.24, 2.45) is 5.92 Å². The fraction of sp³-hybridized carbons (Fsp3) is 0.917. The van der Waals surface area contributed by atoms with Crippen LogP contribution in [0.2, 0.25) is 0 Å². The number of carbonyl (C=O) groups is 1. The highest BCUT2D eigenvalue weighted by atomic mass is 32.2. The normalized spacial score (nSPS) is 18.7. The summed E-state index contributed by atoms with van der Waals surface area (Å²) in [6.45, 7) is 6.87. The Kier molecular flexibility index (Phi) is 4.98. The van der Waals surface area contributed by atoms with Crippen molar-refractivity contribution < 1.29 is 13.2 Å². The van der Waals surface area contributed by atoms with Crippen LogP contribution in [-0.4, -0.2) is 43.3 Å². The molecule has 0 aliphatic carbocycles. The average Bonchev–Trinajstić information content (AvgIpc) is 2.26. The average molecular weight is 261 g/mol. The largest absolute Gasteiger partial charge is 0.343 e. The highest BCUT2D eigenvalue weighted by Crippen LogP contribution is 2.20. The van der Waals surface area contributed by atoms with Crippen LogP contribution in [0.15, 0.2) is 0 Å². The molecule has 0 aromatic rings. The van der Waals surface area contributed by atoms with E-state index in [1.807, 2.05) is 20.8 Å². The van der Waals surface area contributed by atoms with E-state index in [-0.39, 0.29) is 22.8 Å². The summed E-state index contributed by atoms with van der Waals surface area (Å²) in [5, 5.41) is -0.245. The minimum Gasteiger partial charge on any atom is -0.343 e. The van der Waals surface area contributed by atoms with Crippen molar-refractivity contribution in [1.29, 1.82) is 0 Å². The molecule has 0 aromatic heterocycles. The predicted octanol–water partition coefficient (Wildman–Crippen LogP) is 1.46. The molecule has 0 unspecified atom stereocenters. The number of hydrogen-bond donors (Lipinski definition) is 0. The van der Waals surface area contributed by atoms with Gasteiger partial charge in [0.25, 0.3) is 0 Å². The van der Waals surface area contributed by atoms with Crippen molar-refractivity contribution in [3.8, 4) is 0 Å². The van der Waals surface area contributed by atoms with Gasteiger partial charge in [-0.15, -0.1) is 0 Å². The number of amides is 1. The van der Waals surface area contributed by atoms with E-state index < -0.39 is 9.84 Å². The Morgan fingerprint density at radius 1 is 1.29 bits per heavy atom. The monoisotopic (exact) mass is 261 g/mol. The van der Waals surface area contributed by atoms with Crippen molar-refractivity contribution in [2.75, 3.05) is 18.8 Å². The summed E-state index contributed by atoms with van der Waals surface area (Å²) in [5.74, 6) is 0.569. The lowest BCUT2D eigenvalue weighted by molar-refractivity contribution is -0.131. The molecule has 0 saturated carbocycles. The molecule has 0 atom stereocenters. The summed E-state index contributed by atoms with van der Waals surface area (Å²) in [6, 6.07) is 0. The molecule has 0 bridgehead atoms. The lowest BCUT2D eigenvalue weighted by Crippen LogP contribution is -2.43. The fourth-order valence-corrected chi connectivity index (χ4v) is 4.42. The first-order valence-electron chi connectivity index (χ1n) is 6.36. The van der Waals surface area contributed by atoms with Gasteiger partial charge in [0.15, 0.2) is 9.84 Å². The Bertz CT molecular complexity index is 354. The van der Waals surface area contributed by atoms with Gasteiger partial charge in [-0.25, -0.2) is 8.42 Å². The molecule has 4 nitrogen and oxygen atoms in total. The van der Waals surface area contributed by atoms with E-state index in [2.05, 4.69) is 0 Å². The molecule has 0 radical (unpaired) electrons. The van der Waals surface area contributed by atoms with Crippen molar-refractivity contribution in [1.82, 2.24) is 4.90 Å². The van der Waals surface area contributed by atoms with Gasteiger partial charge in [-0.3, -0.25) is 4.79 Å². The van der Waals surface area contributed by atoms with E-state index >= 15 is 0 Å². The number of likely N-dealkylation sites (tertiary alicyclic amines) is 1. The summed E-state index contributed by atoms with van der Waals surface area (Å²) in [7, 11) is -2.98. The van der Waals surface area contributed by atoms with E-state index in [1.165, 1.54) is 0 Å². The van der Waals surface area contributed by atoms with E-state index in [4.69, 9.17) is 0 Å². The minimum atomic E-state index is -2.98. The molecule has 0 aromatic carbocycles. The van der Waals surface area contributed by atoms with Crippen molar-refractivity contribution in [2.45, 2.75) is 45.3 Å². The zero-order chi connectivity index (χ0) is 13.1. The number of rotatable bonds is 4. The molecular formula is C12H23NO3S. The van der Waals surface area contributed by atoms with Crippen molar-refractivity contribution in [3.63, 3.8) is 0 Å². The standard InChI is InChI=1S/C12H23NO3S/c1-4-12(14)13-7-5-11(6-8-13)17(15,16)9-10(2)3/h10-11H,4-9H2,1-3H3. The Morgan fingerprint density at radius 3 is 2.24 bits per heavy atom. The topological polar surface area (TPSA) is 54.5 Å². The van der Waals surface area contributed by atoms with Gasteiger partial charge in [-0.1, -0.05) is 20.8 Å². The molecule has 0 spiro atoms. The van der Waals surface area contributed by atoms with E-state index in [1.54, 1.807) is 4.90 Å². The van der Waals surface area contributed by atoms with Crippen LogP contribution in [0.5, 0.6) is 0 Å². The molecule has 1 saturated heterocycles. The minimum absolute atomic E-state index is 0.129. The summed E-state index contributed by atoms with van der Waals surface area (Å²) in [6.07, 6.45) is 1.70. The van der Waals surface area contributed by atoms with Gasteiger partial charge in [0.05, 0.1) is 11.0 Å². The summed E-state index contributed by atoms with van der Waals surface area (Å²) in [4.78, 5) is 13.3. The molecule has 5 heteroatoms. The SMILES string of the molecule is CCC(=O)N1CCC(S(=O)(=O)CC(C)C)CC1. The maximum atomic E-state index is 12.0. The van der Waals surface area contributed by atoms with Crippen LogP contribution in [0.3, 0.4) is 0 Å². The number of carbonyl (C=O) groups excluding carboxylic acids is 1. The maximum Gasteiger partial charge on any atom is 0.222 e. The first kappa shape index (κ1) is 14.5. The number of hydrogen-bond acceptors (Lipinski definition) is 3. The first-order chi connectivity index (χ1) is 7.86. The van der Waals surface area contributed by atoms with Gasteiger partial charge in [-0.05, 0) is 18.8 Å². The van der Waals surface area contributed by atoms with Crippen LogP contribution in [-0.2, 0) is 14.6 Å². The van der Waals surface area contributed by atoms with E-state index in [0.717, 1.165) is 0 Å². The van der Waals surface area contributed by atoms with Crippen LogP contribution in [0.25, 0.3) is 0 Å². The fourth-order valence-electron chi connectivity index (χ4n) is 2.29. The molecule has 100 valence electrons. The molecule has 1 rings (SSSR count). The van der Waals surface area contributed by atoms with Gasteiger partial charge in [0.1, 0.15) is 0 Å². The first-order valence-corrected chi connectivity index (χ1v) is 8.07. The van der Waals surface area contributed by atoms with E-state index in [9.17, 15) is 13.2 Å².